The van der Waals surface area contributed by atoms with Crippen molar-refractivity contribution in [1.82, 2.24) is 10.6 Å². The molecular weight excluding hydrogens is 128 g/mol. The van der Waals surface area contributed by atoms with Crippen LogP contribution in [0.3, 0.4) is 0 Å². The van der Waals surface area contributed by atoms with Gasteiger partial charge in [-0.3, -0.25) is 0 Å². The fourth-order valence-electron chi connectivity index (χ4n) is 1.62. The maximum atomic E-state index is 5.53. The van der Waals surface area contributed by atoms with E-state index >= 15 is 0 Å². The minimum Gasteiger partial charge on any atom is -0.374 e. The number of rotatable bonds is 0. The lowest BCUT2D eigenvalue weighted by Crippen LogP contribution is -2.53. The van der Waals surface area contributed by atoms with Gasteiger partial charge in [0.2, 0.25) is 0 Å². The highest BCUT2D eigenvalue weighted by atomic mass is 16.5. The van der Waals surface area contributed by atoms with E-state index in [9.17, 15) is 0 Å². The van der Waals surface area contributed by atoms with E-state index in [-0.39, 0.29) is 0 Å². The molecule has 0 aromatic heterocycles. The summed E-state index contributed by atoms with van der Waals surface area (Å²) in [5.74, 6) is 0. The van der Waals surface area contributed by atoms with Crippen LogP contribution < -0.4 is 10.6 Å². The largest absolute Gasteiger partial charge is 0.374 e. The van der Waals surface area contributed by atoms with Crippen molar-refractivity contribution < 1.29 is 4.74 Å². The van der Waals surface area contributed by atoms with Gasteiger partial charge in [-0.05, 0) is 13.0 Å². The minimum absolute atomic E-state index is 0.377. The highest BCUT2D eigenvalue weighted by molar-refractivity contribution is 4.86. The summed E-state index contributed by atoms with van der Waals surface area (Å²) in [5, 5.41) is 7.79. The quantitative estimate of drug-likeness (QED) is 0.486. The number of nitrogens with one attached hydrogen (secondary N) is 1. The number of hydrogen-bond acceptors (Lipinski definition) is 2. The van der Waals surface area contributed by atoms with Gasteiger partial charge in [0.15, 0.2) is 0 Å². The highest BCUT2D eigenvalue weighted by Gasteiger charge is 2.28. The lowest BCUT2D eigenvalue weighted by molar-refractivity contribution is -0.0172. The molecule has 2 aliphatic heterocycles. The number of hydrogen-bond donors (Lipinski definition) is 1. The molecule has 0 amide bonds. The molecule has 0 unspecified atom stereocenters. The lowest BCUT2D eigenvalue weighted by atomic mass is 10.0. The molecule has 0 aromatic rings. The maximum absolute atomic E-state index is 5.53. The van der Waals surface area contributed by atoms with Crippen molar-refractivity contribution in [2.75, 3.05) is 26.2 Å². The molecule has 2 rings (SSSR count). The Balaban J connectivity index is 1.93. The van der Waals surface area contributed by atoms with Crippen molar-refractivity contribution in [2.24, 2.45) is 0 Å². The first-order valence-electron chi connectivity index (χ1n) is 3.96. The number of morpholine rings is 1. The van der Waals surface area contributed by atoms with Crippen molar-refractivity contribution in [3.05, 3.63) is 0 Å². The second kappa shape index (κ2) is 2.86. The van der Waals surface area contributed by atoms with Gasteiger partial charge in [-0.2, -0.15) is 0 Å². The zero-order chi connectivity index (χ0) is 6.81. The molecule has 0 aliphatic carbocycles. The predicted molar refractivity (Wildman–Crippen MR) is 38.0 cm³/mol. The molecule has 3 nitrogen and oxygen atoms in total. The summed E-state index contributed by atoms with van der Waals surface area (Å²) < 4.78 is 5.53. The fourth-order valence-corrected chi connectivity index (χ4v) is 1.62. The van der Waals surface area contributed by atoms with E-state index in [1.165, 1.54) is 0 Å². The average molecular weight is 141 g/mol. The second-order valence-corrected chi connectivity index (χ2v) is 2.88. The molecule has 2 fully saturated rings. The Labute approximate surface area is 61.1 Å². The van der Waals surface area contributed by atoms with Gasteiger partial charge >= 0.3 is 0 Å². The van der Waals surface area contributed by atoms with Crippen LogP contribution in [0, 0.1) is 0 Å². The first kappa shape index (κ1) is 6.58. The summed E-state index contributed by atoms with van der Waals surface area (Å²) in [4.78, 5) is 0. The summed E-state index contributed by atoms with van der Waals surface area (Å²) in [6.45, 7) is 3.83. The number of fused-ring (bicyclic) bond motifs is 1. The monoisotopic (exact) mass is 141 g/mol. The first-order valence-corrected chi connectivity index (χ1v) is 3.96. The van der Waals surface area contributed by atoms with Crippen molar-refractivity contribution in [1.29, 1.82) is 0 Å². The Kier molecular flexibility index (Phi) is 1.88. The van der Waals surface area contributed by atoms with Crippen LogP contribution in [0.4, 0.5) is 0 Å². The molecular formula is C7H13N2O. The zero-order valence-electron chi connectivity index (χ0n) is 6.05. The van der Waals surface area contributed by atoms with Crippen LogP contribution in [0.15, 0.2) is 0 Å². The van der Waals surface area contributed by atoms with Crippen LogP contribution in [0.5, 0.6) is 0 Å². The van der Waals surface area contributed by atoms with Gasteiger partial charge in [-0.25, -0.2) is 5.32 Å². The highest BCUT2D eigenvalue weighted by Crippen LogP contribution is 2.11. The first-order chi connectivity index (χ1) is 4.97. The van der Waals surface area contributed by atoms with Crippen LogP contribution in [0.2, 0.25) is 0 Å². The molecule has 0 aromatic carbocycles. The molecule has 57 valence electrons. The SMILES string of the molecule is C1CO[C@@H]2CNCC[C@H]2[N]1. The van der Waals surface area contributed by atoms with E-state index in [0.29, 0.717) is 12.1 Å². The lowest BCUT2D eigenvalue weighted by Gasteiger charge is -2.35. The molecule has 0 saturated carbocycles. The molecule has 0 bridgehead atoms. The van der Waals surface area contributed by atoms with Gasteiger partial charge < -0.3 is 10.1 Å². The van der Waals surface area contributed by atoms with E-state index in [2.05, 4.69) is 10.6 Å². The van der Waals surface area contributed by atoms with E-state index in [1.54, 1.807) is 0 Å². The summed E-state index contributed by atoms with van der Waals surface area (Å²) in [5.41, 5.74) is 0. The normalized spacial score (nSPS) is 40.8. The van der Waals surface area contributed by atoms with E-state index in [0.717, 1.165) is 32.7 Å². The molecule has 0 spiro atoms. The summed E-state index contributed by atoms with van der Waals surface area (Å²) in [6.07, 6.45) is 1.53. The van der Waals surface area contributed by atoms with E-state index in [4.69, 9.17) is 4.74 Å². The molecule has 1 radical (unpaired) electrons. The molecule has 10 heavy (non-hydrogen) atoms. The van der Waals surface area contributed by atoms with E-state index in [1.807, 2.05) is 0 Å². The Bertz CT molecular complexity index is 92.2. The van der Waals surface area contributed by atoms with Gasteiger partial charge in [0.1, 0.15) is 0 Å². The van der Waals surface area contributed by atoms with Gasteiger partial charge in [-0.1, -0.05) is 0 Å². The van der Waals surface area contributed by atoms with Gasteiger partial charge in [-0.15, -0.1) is 0 Å². The van der Waals surface area contributed by atoms with Gasteiger partial charge in [0.05, 0.1) is 18.8 Å². The summed E-state index contributed by atoms with van der Waals surface area (Å²) in [6, 6.07) is 0.495. The summed E-state index contributed by atoms with van der Waals surface area (Å²) in [7, 11) is 0. The third-order valence-corrected chi connectivity index (χ3v) is 2.18. The van der Waals surface area contributed by atoms with Gasteiger partial charge in [0.25, 0.3) is 0 Å². The fraction of sp³-hybridized carbons (Fsp3) is 1.00. The molecule has 2 heterocycles. The van der Waals surface area contributed by atoms with Crippen LogP contribution in [0.1, 0.15) is 6.42 Å². The number of nitrogens with zero attached hydrogens (tertiary/aromatic N) is 1. The average Bonchev–Trinajstić information content (AvgIpc) is 2.05. The van der Waals surface area contributed by atoms with Crippen LogP contribution >= 0.6 is 0 Å². The molecule has 2 atom stereocenters. The number of ether oxygens (including phenoxy) is 1. The zero-order valence-corrected chi connectivity index (χ0v) is 6.05. The molecule has 2 aliphatic rings. The number of piperidine rings is 1. The standard InChI is InChI=1S/C7H13N2O/c1-2-8-5-7-6(1)9-3-4-10-7/h6-8H,1-5H2/t6-,7-/m1/s1. The Hall–Kier alpha value is -0.120. The second-order valence-electron chi connectivity index (χ2n) is 2.88. The smallest absolute Gasteiger partial charge is 0.0869 e. The van der Waals surface area contributed by atoms with E-state index < -0.39 is 0 Å². The van der Waals surface area contributed by atoms with Crippen molar-refractivity contribution in [2.45, 2.75) is 18.6 Å². The summed E-state index contributed by atoms with van der Waals surface area (Å²) >= 11 is 0. The van der Waals surface area contributed by atoms with Gasteiger partial charge in [0, 0.05) is 13.1 Å². The third kappa shape index (κ3) is 1.17. The van der Waals surface area contributed by atoms with Crippen LogP contribution in [0.25, 0.3) is 0 Å². The Morgan fingerprint density at radius 3 is 3.40 bits per heavy atom. The molecule has 3 heteroatoms. The van der Waals surface area contributed by atoms with Crippen LogP contribution in [-0.2, 0) is 4.74 Å². The minimum atomic E-state index is 0.377. The Morgan fingerprint density at radius 2 is 2.50 bits per heavy atom. The maximum Gasteiger partial charge on any atom is 0.0869 e. The third-order valence-electron chi connectivity index (χ3n) is 2.18. The topological polar surface area (TPSA) is 35.4 Å². The van der Waals surface area contributed by atoms with Crippen molar-refractivity contribution in [3.8, 4) is 0 Å². The van der Waals surface area contributed by atoms with Crippen molar-refractivity contribution >= 4 is 0 Å². The predicted octanol–water partition coefficient (Wildman–Crippen LogP) is -0.648. The molecule has 1 N–H and O–H groups in total. The molecule has 2 saturated heterocycles. The van der Waals surface area contributed by atoms with Crippen molar-refractivity contribution in [3.63, 3.8) is 0 Å². The van der Waals surface area contributed by atoms with Crippen LogP contribution in [-0.4, -0.2) is 38.4 Å². The Morgan fingerprint density at radius 1 is 1.50 bits per heavy atom.